The van der Waals surface area contributed by atoms with Crippen LogP contribution in [0.25, 0.3) is 0 Å². The monoisotopic (exact) mass is 274 g/mol. The Morgan fingerprint density at radius 2 is 2.20 bits per heavy atom. The van der Waals surface area contributed by atoms with E-state index in [0.29, 0.717) is 6.42 Å². The summed E-state index contributed by atoms with van der Waals surface area (Å²) >= 11 is 3.40. The Morgan fingerprint density at radius 3 is 2.73 bits per heavy atom. The maximum absolute atomic E-state index is 10.5. The van der Waals surface area contributed by atoms with E-state index in [-0.39, 0.29) is 6.42 Å². The number of halogens is 1. The first kappa shape index (κ1) is 12.2. The highest BCUT2D eigenvalue weighted by molar-refractivity contribution is 9.10. The Bertz CT molecular complexity index is 361. The van der Waals surface area contributed by atoms with Gasteiger partial charge < -0.3 is 9.67 Å². The Labute approximate surface area is 97.4 Å². The van der Waals surface area contributed by atoms with Crippen LogP contribution in [0.3, 0.4) is 0 Å². The second-order valence-corrected chi connectivity index (χ2v) is 4.22. The summed E-state index contributed by atoms with van der Waals surface area (Å²) in [5.41, 5.74) is 1.14. The summed E-state index contributed by atoms with van der Waals surface area (Å²) in [5.74, 6) is 0.0406. The van der Waals surface area contributed by atoms with Crippen LogP contribution >= 0.6 is 15.9 Å². The van der Waals surface area contributed by atoms with Crippen LogP contribution in [0.15, 0.2) is 4.60 Å². The third-order valence-corrected chi connectivity index (χ3v) is 2.94. The molecule has 0 aliphatic heterocycles. The third-order valence-electron chi connectivity index (χ3n) is 2.31. The van der Waals surface area contributed by atoms with Gasteiger partial charge in [-0.2, -0.15) is 0 Å². The van der Waals surface area contributed by atoms with E-state index < -0.39 is 5.97 Å². The van der Waals surface area contributed by atoms with Gasteiger partial charge in [0.25, 0.3) is 0 Å². The summed E-state index contributed by atoms with van der Waals surface area (Å²) in [4.78, 5) is 14.8. The highest BCUT2D eigenvalue weighted by atomic mass is 79.9. The van der Waals surface area contributed by atoms with Gasteiger partial charge in [-0.15, -0.1) is 0 Å². The zero-order valence-electron chi connectivity index (χ0n) is 8.96. The van der Waals surface area contributed by atoms with E-state index in [0.717, 1.165) is 29.0 Å². The number of carboxylic acids is 1. The van der Waals surface area contributed by atoms with Crippen molar-refractivity contribution in [1.82, 2.24) is 9.55 Å². The number of rotatable bonds is 5. The first-order valence-electron chi connectivity index (χ1n) is 4.98. The number of nitrogens with zero attached hydrogens (tertiary/aromatic N) is 2. The molecule has 1 aromatic rings. The number of aromatic nitrogens is 2. The summed E-state index contributed by atoms with van der Waals surface area (Å²) in [6.07, 6.45) is 2.62. The number of aryl methyl sites for hydroxylation is 1. The van der Waals surface area contributed by atoms with Gasteiger partial charge in [0.2, 0.25) is 0 Å². The number of aliphatic carboxylic acids is 1. The van der Waals surface area contributed by atoms with Crippen LogP contribution in [0, 0.1) is 0 Å². The molecule has 0 aliphatic rings. The lowest BCUT2D eigenvalue weighted by Gasteiger charge is -2.03. The van der Waals surface area contributed by atoms with E-state index in [1.807, 2.05) is 11.6 Å². The summed E-state index contributed by atoms with van der Waals surface area (Å²) < 4.78 is 2.82. The summed E-state index contributed by atoms with van der Waals surface area (Å²) in [6.45, 7) is 2.11. The maximum Gasteiger partial charge on any atom is 0.303 e. The van der Waals surface area contributed by atoms with Crippen LogP contribution < -0.4 is 0 Å². The summed E-state index contributed by atoms with van der Waals surface area (Å²) in [6, 6.07) is 0. The molecule has 1 N–H and O–H groups in total. The van der Waals surface area contributed by atoms with E-state index >= 15 is 0 Å². The van der Waals surface area contributed by atoms with Crippen molar-refractivity contribution in [3.63, 3.8) is 0 Å². The molecule has 0 saturated heterocycles. The maximum atomic E-state index is 10.5. The van der Waals surface area contributed by atoms with Crippen molar-refractivity contribution >= 4 is 21.9 Å². The van der Waals surface area contributed by atoms with Gasteiger partial charge in [0.15, 0.2) is 0 Å². The molecule has 0 fully saturated rings. The predicted octanol–water partition coefficient (Wildman–Crippen LogP) is 2.15. The normalized spacial score (nSPS) is 10.6. The van der Waals surface area contributed by atoms with Crippen LogP contribution in [0.1, 0.15) is 31.3 Å². The van der Waals surface area contributed by atoms with Crippen LogP contribution in [0.2, 0.25) is 0 Å². The molecule has 0 spiro atoms. The van der Waals surface area contributed by atoms with Crippen molar-refractivity contribution in [3.8, 4) is 0 Å². The smallest absolute Gasteiger partial charge is 0.303 e. The molecule has 0 bridgehead atoms. The minimum atomic E-state index is -0.786. The molecule has 0 atom stereocenters. The van der Waals surface area contributed by atoms with Crippen molar-refractivity contribution in [2.75, 3.05) is 0 Å². The summed E-state index contributed by atoms with van der Waals surface area (Å²) in [7, 11) is 1.93. The minimum absolute atomic E-state index is 0.128. The fourth-order valence-corrected chi connectivity index (χ4v) is 2.17. The standard InChI is InChI=1S/C10H15BrN2O2/c1-3-4-7-10(11)12-8(13(7)2)5-6-9(14)15/h3-6H2,1-2H3,(H,14,15). The fourth-order valence-electron chi connectivity index (χ4n) is 1.50. The Morgan fingerprint density at radius 1 is 1.53 bits per heavy atom. The largest absolute Gasteiger partial charge is 0.481 e. The van der Waals surface area contributed by atoms with Gasteiger partial charge in [0, 0.05) is 13.5 Å². The van der Waals surface area contributed by atoms with Crippen LogP contribution in [-0.4, -0.2) is 20.6 Å². The van der Waals surface area contributed by atoms with Crippen LogP contribution in [0.4, 0.5) is 0 Å². The average molecular weight is 275 g/mol. The van der Waals surface area contributed by atoms with E-state index in [9.17, 15) is 4.79 Å². The molecular formula is C10H15BrN2O2. The molecule has 1 aromatic heterocycles. The van der Waals surface area contributed by atoms with Crippen molar-refractivity contribution in [2.45, 2.75) is 32.6 Å². The quantitative estimate of drug-likeness (QED) is 0.895. The highest BCUT2D eigenvalue weighted by Gasteiger charge is 2.12. The van der Waals surface area contributed by atoms with Gasteiger partial charge in [-0.05, 0) is 22.4 Å². The molecule has 0 aliphatic carbocycles. The van der Waals surface area contributed by atoms with E-state index in [1.165, 1.54) is 0 Å². The van der Waals surface area contributed by atoms with E-state index in [4.69, 9.17) is 5.11 Å². The molecule has 0 unspecified atom stereocenters. The molecule has 0 aromatic carbocycles. The molecule has 0 amide bonds. The topological polar surface area (TPSA) is 55.1 Å². The highest BCUT2D eigenvalue weighted by Crippen LogP contribution is 2.19. The molecule has 0 radical (unpaired) electrons. The molecular weight excluding hydrogens is 260 g/mol. The predicted molar refractivity (Wildman–Crippen MR) is 60.9 cm³/mol. The first-order valence-corrected chi connectivity index (χ1v) is 5.77. The van der Waals surface area contributed by atoms with Crippen LogP contribution in [-0.2, 0) is 24.7 Å². The molecule has 84 valence electrons. The zero-order chi connectivity index (χ0) is 11.4. The Balaban J connectivity index is 2.81. The Kier molecular flexibility index (Phi) is 4.32. The number of carboxylic acid groups (broad SMARTS) is 1. The minimum Gasteiger partial charge on any atom is -0.481 e. The van der Waals surface area contributed by atoms with Gasteiger partial charge in [-0.3, -0.25) is 4.79 Å². The van der Waals surface area contributed by atoms with Crippen molar-refractivity contribution in [3.05, 3.63) is 16.1 Å². The molecule has 0 saturated carbocycles. The van der Waals surface area contributed by atoms with E-state index in [1.54, 1.807) is 0 Å². The zero-order valence-corrected chi connectivity index (χ0v) is 10.5. The number of imidazole rings is 1. The summed E-state index contributed by atoms with van der Waals surface area (Å²) in [5, 5.41) is 8.60. The van der Waals surface area contributed by atoms with Gasteiger partial charge in [0.05, 0.1) is 12.1 Å². The Hall–Kier alpha value is -0.840. The lowest BCUT2D eigenvalue weighted by molar-refractivity contribution is -0.137. The van der Waals surface area contributed by atoms with Crippen molar-refractivity contribution in [2.24, 2.45) is 7.05 Å². The lowest BCUT2D eigenvalue weighted by Crippen LogP contribution is -2.05. The van der Waals surface area contributed by atoms with Gasteiger partial charge in [-0.1, -0.05) is 13.3 Å². The molecule has 1 rings (SSSR count). The van der Waals surface area contributed by atoms with Gasteiger partial charge in [0.1, 0.15) is 10.4 Å². The average Bonchev–Trinajstić information content (AvgIpc) is 2.43. The van der Waals surface area contributed by atoms with Crippen LogP contribution in [0.5, 0.6) is 0 Å². The van der Waals surface area contributed by atoms with Crippen molar-refractivity contribution in [1.29, 1.82) is 0 Å². The van der Waals surface area contributed by atoms with E-state index in [2.05, 4.69) is 27.8 Å². The molecule has 1 heterocycles. The molecule has 4 nitrogen and oxygen atoms in total. The number of hydrogen-bond donors (Lipinski definition) is 1. The van der Waals surface area contributed by atoms with Crippen molar-refractivity contribution < 1.29 is 9.90 Å². The SMILES string of the molecule is CCCc1c(Br)nc(CCC(=O)O)n1C. The number of hydrogen-bond acceptors (Lipinski definition) is 2. The lowest BCUT2D eigenvalue weighted by atomic mass is 10.2. The first-order chi connectivity index (χ1) is 7.06. The second-order valence-electron chi connectivity index (χ2n) is 3.47. The number of carbonyl (C=O) groups is 1. The van der Waals surface area contributed by atoms with Gasteiger partial charge >= 0.3 is 5.97 Å². The fraction of sp³-hybridized carbons (Fsp3) is 0.600. The molecule has 5 heteroatoms. The second kappa shape index (κ2) is 5.30. The van der Waals surface area contributed by atoms with Gasteiger partial charge in [-0.25, -0.2) is 4.98 Å². The third kappa shape index (κ3) is 3.06. The molecule has 15 heavy (non-hydrogen) atoms.